The van der Waals surface area contributed by atoms with E-state index in [1.54, 1.807) is 0 Å². The second kappa shape index (κ2) is 7.78. The van der Waals surface area contributed by atoms with Crippen LogP contribution in [0.2, 0.25) is 0 Å². The lowest BCUT2D eigenvalue weighted by Gasteiger charge is -2.35. The Balaban J connectivity index is 1.23. The number of piperidine rings is 1. The fraction of sp³-hybridized carbons (Fsp3) is 0.619. The molecule has 2 heterocycles. The van der Waals surface area contributed by atoms with E-state index in [4.69, 9.17) is 0 Å². The number of benzene rings is 1. The molecule has 2 saturated heterocycles. The van der Waals surface area contributed by atoms with Gasteiger partial charge in [-0.2, -0.15) is 0 Å². The van der Waals surface area contributed by atoms with Gasteiger partial charge < -0.3 is 9.80 Å². The van der Waals surface area contributed by atoms with Gasteiger partial charge in [0.05, 0.1) is 11.8 Å². The highest BCUT2D eigenvalue weighted by molar-refractivity contribution is 5.92. The summed E-state index contributed by atoms with van der Waals surface area (Å²) in [5.41, 5.74) is 1.32. The molecule has 1 aliphatic carbocycles. The highest BCUT2D eigenvalue weighted by Crippen LogP contribution is 2.42. The van der Waals surface area contributed by atoms with Crippen molar-refractivity contribution >= 4 is 11.8 Å². The van der Waals surface area contributed by atoms with Crippen molar-refractivity contribution in [3.63, 3.8) is 0 Å². The van der Waals surface area contributed by atoms with Crippen molar-refractivity contribution in [2.75, 3.05) is 39.3 Å². The van der Waals surface area contributed by atoms with E-state index in [-0.39, 0.29) is 23.7 Å². The van der Waals surface area contributed by atoms with Crippen molar-refractivity contribution in [1.29, 1.82) is 0 Å². The Hall–Kier alpha value is -1.88. The Morgan fingerprint density at radius 1 is 0.769 bits per heavy atom. The molecule has 1 saturated carbocycles. The summed E-state index contributed by atoms with van der Waals surface area (Å²) in [6, 6.07) is 10.5. The average molecular weight is 355 g/mol. The van der Waals surface area contributed by atoms with Crippen LogP contribution >= 0.6 is 0 Å². The minimum Gasteiger partial charge on any atom is -0.342 e. The van der Waals surface area contributed by atoms with Crippen molar-refractivity contribution in [3.05, 3.63) is 35.9 Å². The van der Waals surface area contributed by atoms with E-state index in [1.807, 2.05) is 15.9 Å². The van der Waals surface area contributed by atoms with Gasteiger partial charge in [0.2, 0.25) is 11.8 Å². The minimum absolute atomic E-state index is 0.0389. The third kappa shape index (κ3) is 3.93. The Labute approximate surface area is 155 Å². The largest absolute Gasteiger partial charge is 0.342 e. The van der Waals surface area contributed by atoms with Gasteiger partial charge in [-0.25, -0.2) is 0 Å². The summed E-state index contributed by atoms with van der Waals surface area (Å²) < 4.78 is 0. The summed E-state index contributed by atoms with van der Waals surface area (Å²) in [4.78, 5) is 31.7. The quantitative estimate of drug-likeness (QED) is 0.830. The summed E-state index contributed by atoms with van der Waals surface area (Å²) in [7, 11) is 0. The number of nitrogens with zero attached hydrogens (tertiary/aromatic N) is 3. The highest BCUT2D eigenvalue weighted by atomic mass is 16.2. The summed E-state index contributed by atoms with van der Waals surface area (Å²) in [6.45, 7) is 6.11. The molecule has 3 aliphatic rings. The van der Waals surface area contributed by atoms with E-state index in [0.717, 1.165) is 65.1 Å². The van der Waals surface area contributed by atoms with Crippen LogP contribution in [0.4, 0.5) is 0 Å². The van der Waals surface area contributed by atoms with Crippen LogP contribution in [0.15, 0.2) is 30.3 Å². The fourth-order valence-electron chi connectivity index (χ4n) is 4.29. The second-order valence-electron chi connectivity index (χ2n) is 7.92. The molecule has 0 radical (unpaired) electrons. The summed E-state index contributed by atoms with van der Waals surface area (Å²) in [5, 5.41) is 0. The zero-order valence-corrected chi connectivity index (χ0v) is 15.5. The molecule has 0 N–H and O–H groups in total. The third-order valence-electron chi connectivity index (χ3n) is 6.03. The van der Waals surface area contributed by atoms with Crippen LogP contribution in [0.3, 0.4) is 0 Å². The van der Waals surface area contributed by atoms with E-state index in [0.29, 0.717) is 0 Å². The van der Waals surface area contributed by atoms with Crippen LogP contribution in [0.5, 0.6) is 0 Å². The first-order valence-electron chi connectivity index (χ1n) is 10.1. The highest BCUT2D eigenvalue weighted by Gasteiger charge is 2.51. The van der Waals surface area contributed by atoms with Crippen LogP contribution in [0.25, 0.3) is 0 Å². The molecule has 0 aromatic heterocycles. The van der Waals surface area contributed by atoms with Crippen molar-refractivity contribution in [2.45, 2.75) is 32.2 Å². The number of hydrogen-bond acceptors (Lipinski definition) is 3. The maximum absolute atomic E-state index is 12.8. The summed E-state index contributed by atoms with van der Waals surface area (Å²) in [6.07, 6.45) is 4.21. The Kier molecular flexibility index (Phi) is 5.25. The molecule has 1 aromatic rings. The molecule has 26 heavy (non-hydrogen) atoms. The van der Waals surface area contributed by atoms with Gasteiger partial charge in [0, 0.05) is 45.8 Å². The molecule has 1 aromatic carbocycles. The van der Waals surface area contributed by atoms with Crippen LogP contribution in [-0.2, 0) is 16.1 Å². The molecule has 0 spiro atoms. The topological polar surface area (TPSA) is 43.9 Å². The number of rotatable bonds is 4. The maximum atomic E-state index is 12.8. The van der Waals surface area contributed by atoms with E-state index >= 15 is 0 Å². The van der Waals surface area contributed by atoms with Crippen molar-refractivity contribution in [2.24, 2.45) is 11.8 Å². The number of piperazine rings is 1. The summed E-state index contributed by atoms with van der Waals surface area (Å²) >= 11 is 0. The predicted octanol–water partition coefficient (Wildman–Crippen LogP) is 1.98. The SMILES string of the molecule is O=C(C1CC1C(=O)N1CCN(Cc2ccccc2)CC1)N1CCCCC1. The molecule has 4 rings (SSSR count). The van der Waals surface area contributed by atoms with E-state index in [9.17, 15) is 9.59 Å². The summed E-state index contributed by atoms with van der Waals surface area (Å²) in [5.74, 6) is 0.346. The molecular formula is C21H29N3O2. The van der Waals surface area contributed by atoms with Gasteiger partial charge >= 0.3 is 0 Å². The normalized spacial score (nSPS) is 26.6. The molecule has 2 unspecified atom stereocenters. The lowest BCUT2D eigenvalue weighted by atomic mass is 10.1. The van der Waals surface area contributed by atoms with Gasteiger partial charge in [-0.3, -0.25) is 14.5 Å². The molecule has 2 atom stereocenters. The van der Waals surface area contributed by atoms with E-state index in [2.05, 4.69) is 29.2 Å². The number of hydrogen-bond donors (Lipinski definition) is 0. The molecule has 2 aliphatic heterocycles. The van der Waals surface area contributed by atoms with Gasteiger partial charge in [0.15, 0.2) is 0 Å². The predicted molar refractivity (Wildman–Crippen MR) is 100 cm³/mol. The Morgan fingerprint density at radius 2 is 1.35 bits per heavy atom. The Morgan fingerprint density at radius 3 is 1.96 bits per heavy atom. The van der Waals surface area contributed by atoms with Crippen LogP contribution < -0.4 is 0 Å². The smallest absolute Gasteiger partial charge is 0.226 e. The maximum Gasteiger partial charge on any atom is 0.226 e. The zero-order chi connectivity index (χ0) is 17.9. The van der Waals surface area contributed by atoms with Gasteiger partial charge in [0.1, 0.15) is 0 Å². The Bertz CT molecular complexity index is 634. The molecular weight excluding hydrogens is 326 g/mol. The van der Waals surface area contributed by atoms with Gasteiger partial charge in [0.25, 0.3) is 0 Å². The van der Waals surface area contributed by atoms with Gasteiger partial charge in [-0.1, -0.05) is 30.3 Å². The van der Waals surface area contributed by atoms with Crippen LogP contribution in [-0.4, -0.2) is 65.8 Å². The van der Waals surface area contributed by atoms with Crippen LogP contribution in [0, 0.1) is 11.8 Å². The van der Waals surface area contributed by atoms with Crippen LogP contribution in [0.1, 0.15) is 31.2 Å². The lowest BCUT2D eigenvalue weighted by molar-refractivity contribution is -0.139. The van der Waals surface area contributed by atoms with Gasteiger partial charge in [-0.05, 0) is 31.2 Å². The number of amides is 2. The number of carbonyl (C=O) groups excluding carboxylic acids is 2. The first-order valence-corrected chi connectivity index (χ1v) is 10.1. The third-order valence-corrected chi connectivity index (χ3v) is 6.03. The zero-order valence-electron chi connectivity index (χ0n) is 15.5. The molecule has 0 bridgehead atoms. The number of likely N-dealkylation sites (tertiary alicyclic amines) is 1. The molecule has 2 amide bonds. The van der Waals surface area contributed by atoms with Crippen molar-refractivity contribution < 1.29 is 9.59 Å². The van der Waals surface area contributed by atoms with Crippen molar-refractivity contribution in [3.8, 4) is 0 Å². The first kappa shape index (κ1) is 17.5. The monoisotopic (exact) mass is 355 g/mol. The molecule has 5 nitrogen and oxygen atoms in total. The number of carbonyl (C=O) groups is 2. The molecule has 140 valence electrons. The average Bonchev–Trinajstić information content (AvgIpc) is 3.50. The van der Waals surface area contributed by atoms with Gasteiger partial charge in [-0.15, -0.1) is 0 Å². The minimum atomic E-state index is -0.0508. The standard InChI is InChI=1S/C21H29N3O2/c25-20(23-9-5-2-6-10-23)18-15-19(18)21(26)24-13-11-22(12-14-24)16-17-7-3-1-4-8-17/h1,3-4,7-8,18-19H,2,5-6,9-16H2. The molecule has 3 fully saturated rings. The first-order chi connectivity index (χ1) is 12.7. The van der Waals surface area contributed by atoms with Crippen molar-refractivity contribution in [1.82, 2.24) is 14.7 Å². The van der Waals surface area contributed by atoms with E-state index in [1.165, 1.54) is 12.0 Å². The second-order valence-corrected chi connectivity index (χ2v) is 7.92. The molecule has 5 heteroatoms. The van der Waals surface area contributed by atoms with E-state index < -0.39 is 0 Å². The fourth-order valence-corrected chi connectivity index (χ4v) is 4.29. The lowest BCUT2D eigenvalue weighted by Crippen LogP contribution is -2.49.